The largest absolute Gasteiger partial charge is 0.505 e. The third-order valence-corrected chi connectivity index (χ3v) is 10.3. The van der Waals surface area contributed by atoms with Crippen LogP contribution in [0.5, 0.6) is 5.75 Å². The van der Waals surface area contributed by atoms with E-state index < -0.39 is 17.2 Å². The first kappa shape index (κ1) is 30.4. The maximum absolute atomic E-state index is 14.4. The van der Waals surface area contributed by atoms with Gasteiger partial charge in [0.05, 0.1) is 13.2 Å². The Morgan fingerprint density at radius 2 is 1.94 bits per heavy atom. The number of anilines is 1. The fraction of sp³-hybridized carbons (Fsp3) is 0.412. The van der Waals surface area contributed by atoms with E-state index in [4.69, 9.17) is 9.72 Å². The van der Waals surface area contributed by atoms with Crippen molar-refractivity contribution in [1.29, 1.82) is 0 Å². The van der Waals surface area contributed by atoms with Gasteiger partial charge in [-0.05, 0) is 61.4 Å². The van der Waals surface area contributed by atoms with Crippen LogP contribution >= 0.6 is 0 Å². The number of carbonyl (C=O) groups excluding carboxylic acids is 2. The lowest BCUT2D eigenvalue weighted by molar-refractivity contribution is -0.116. The molecule has 4 aromatic rings. The maximum atomic E-state index is 14.4. The molecule has 0 radical (unpaired) electrons. The first-order chi connectivity index (χ1) is 23.0. The first-order valence-corrected chi connectivity index (χ1v) is 16.1. The number of fused-ring (bicyclic) bond motifs is 6. The number of aromatic nitrogens is 5. The molecular formula is C34H33F2N7O5. The molecule has 1 aromatic carbocycles. The highest BCUT2D eigenvalue weighted by atomic mass is 19.3. The standard InChI is InChI=1S/C34H33F2N7O5/c1-33(35,36)20-4-6-21(7-5-20)38-25(45)18-42-28-22-17-23(22)34(10-13-41(14-11-34)31(47)27-24(44)3-2-12-37-27)26(28)30(46)43-32(42)39-29(40-43)19-8-15-48-16-9-19/h2-8,12,22-23,44H,9-11,13-18H2,1H3,(H,38,45)/t22-,23+/m0/s1. The van der Waals surface area contributed by atoms with Crippen molar-refractivity contribution in [2.24, 2.45) is 5.92 Å². The van der Waals surface area contributed by atoms with Gasteiger partial charge in [-0.15, -0.1) is 5.10 Å². The van der Waals surface area contributed by atoms with Crippen LogP contribution in [0.4, 0.5) is 14.5 Å². The smallest absolute Gasteiger partial charge is 0.279 e. The van der Waals surface area contributed by atoms with E-state index in [0.29, 0.717) is 62.6 Å². The van der Waals surface area contributed by atoms with Crippen LogP contribution in [0.3, 0.4) is 0 Å². The molecule has 1 spiro atoms. The Labute approximate surface area is 273 Å². The molecule has 248 valence electrons. The molecule has 8 rings (SSSR count). The molecule has 3 aromatic heterocycles. The zero-order chi connectivity index (χ0) is 33.4. The van der Waals surface area contributed by atoms with Gasteiger partial charge in [-0.3, -0.25) is 14.4 Å². The lowest BCUT2D eigenvalue weighted by atomic mass is 9.71. The number of benzene rings is 1. The highest BCUT2D eigenvalue weighted by molar-refractivity contribution is 5.95. The predicted molar refractivity (Wildman–Crippen MR) is 169 cm³/mol. The molecule has 2 aliphatic carbocycles. The molecule has 2 amide bonds. The third-order valence-electron chi connectivity index (χ3n) is 10.3. The first-order valence-electron chi connectivity index (χ1n) is 16.1. The Kier molecular flexibility index (Phi) is 6.98. The Morgan fingerprint density at radius 1 is 1.17 bits per heavy atom. The third kappa shape index (κ3) is 4.88. The number of likely N-dealkylation sites (tertiary alicyclic amines) is 1. The van der Waals surface area contributed by atoms with E-state index >= 15 is 0 Å². The monoisotopic (exact) mass is 657 g/mol. The van der Waals surface area contributed by atoms with Gasteiger partial charge in [0, 0.05) is 60.1 Å². The summed E-state index contributed by atoms with van der Waals surface area (Å²) in [5.74, 6) is -3.07. The predicted octanol–water partition coefficient (Wildman–Crippen LogP) is 3.84. The van der Waals surface area contributed by atoms with Crippen LogP contribution in [0, 0.1) is 5.92 Å². The summed E-state index contributed by atoms with van der Waals surface area (Å²) < 4.78 is 36.0. The van der Waals surface area contributed by atoms with Crippen molar-refractivity contribution < 1.29 is 28.2 Å². The van der Waals surface area contributed by atoms with Crippen LogP contribution in [0.1, 0.15) is 71.7 Å². The lowest BCUT2D eigenvalue weighted by Gasteiger charge is -2.41. The second kappa shape index (κ2) is 11.0. The Bertz CT molecular complexity index is 2060. The Balaban J connectivity index is 1.16. The number of pyridine rings is 1. The van der Waals surface area contributed by atoms with E-state index in [1.165, 1.54) is 41.0 Å². The molecule has 1 saturated carbocycles. The molecule has 2 fully saturated rings. The minimum absolute atomic E-state index is 0.00439. The van der Waals surface area contributed by atoms with E-state index in [1.54, 1.807) is 15.5 Å². The van der Waals surface area contributed by atoms with Gasteiger partial charge >= 0.3 is 0 Å². The van der Waals surface area contributed by atoms with E-state index in [-0.39, 0.29) is 52.6 Å². The normalized spacial score (nSPS) is 21.1. The highest BCUT2D eigenvalue weighted by Gasteiger charge is 2.64. The summed E-state index contributed by atoms with van der Waals surface area (Å²) in [6.07, 6.45) is 5.85. The van der Waals surface area contributed by atoms with E-state index in [2.05, 4.69) is 15.4 Å². The van der Waals surface area contributed by atoms with Crippen LogP contribution in [0.15, 0.2) is 53.5 Å². The summed E-state index contributed by atoms with van der Waals surface area (Å²) >= 11 is 0. The second-order valence-electron chi connectivity index (χ2n) is 13.1. The Morgan fingerprint density at radius 3 is 2.62 bits per heavy atom. The second-order valence-corrected chi connectivity index (χ2v) is 13.1. The SMILES string of the molecule is CC(F)(F)c1ccc(NC(=O)Cn2c3c(c(=O)n4nc(C5=CCOCC5)nc24)C2(CCN(C(=O)c4ncccc4O)CC2)[C@@H]2C[C@H]32)cc1. The molecule has 48 heavy (non-hydrogen) atoms. The average Bonchev–Trinajstić information content (AvgIpc) is 3.67. The minimum atomic E-state index is -3.00. The number of hydrogen-bond acceptors (Lipinski definition) is 8. The summed E-state index contributed by atoms with van der Waals surface area (Å²) in [6, 6.07) is 8.43. The number of nitrogens with one attached hydrogen (secondary N) is 1. The highest BCUT2D eigenvalue weighted by Crippen LogP contribution is 2.67. The number of carbonyl (C=O) groups is 2. The van der Waals surface area contributed by atoms with Crippen molar-refractivity contribution in [3.05, 3.63) is 87.4 Å². The molecule has 4 aliphatic rings. The van der Waals surface area contributed by atoms with Crippen molar-refractivity contribution in [2.45, 2.75) is 56.4 Å². The summed E-state index contributed by atoms with van der Waals surface area (Å²) in [6.45, 7) is 2.31. The van der Waals surface area contributed by atoms with Crippen LogP contribution in [-0.2, 0) is 27.4 Å². The van der Waals surface area contributed by atoms with Crippen LogP contribution < -0.4 is 10.9 Å². The average molecular weight is 658 g/mol. The molecule has 2 aliphatic heterocycles. The van der Waals surface area contributed by atoms with Gasteiger partial charge in [0.25, 0.3) is 17.4 Å². The fourth-order valence-corrected chi connectivity index (χ4v) is 7.87. The number of ether oxygens (including phenoxy) is 1. The van der Waals surface area contributed by atoms with Crippen LogP contribution in [0.2, 0.25) is 0 Å². The summed E-state index contributed by atoms with van der Waals surface area (Å²) in [4.78, 5) is 51.7. The zero-order valence-electron chi connectivity index (χ0n) is 26.2. The van der Waals surface area contributed by atoms with Crippen molar-refractivity contribution in [1.82, 2.24) is 29.0 Å². The molecule has 0 unspecified atom stereocenters. The number of piperidine rings is 1. The van der Waals surface area contributed by atoms with E-state index in [9.17, 15) is 28.3 Å². The molecule has 2 N–H and O–H groups in total. The number of alkyl halides is 2. The van der Waals surface area contributed by atoms with E-state index in [1.807, 2.05) is 6.08 Å². The molecule has 2 atom stereocenters. The van der Waals surface area contributed by atoms with Crippen LogP contribution in [-0.4, -0.2) is 72.3 Å². The summed E-state index contributed by atoms with van der Waals surface area (Å²) in [5.41, 5.74) is 1.67. The topological polar surface area (TPSA) is 144 Å². The van der Waals surface area contributed by atoms with E-state index in [0.717, 1.165) is 24.6 Å². The van der Waals surface area contributed by atoms with Crippen molar-refractivity contribution >= 4 is 28.9 Å². The van der Waals surface area contributed by atoms with Gasteiger partial charge in [-0.25, -0.2) is 13.8 Å². The van der Waals surface area contributed by atoms with Gasteiger partial charge in [0.2, 0.25) is 11.7 Å². The number of hydrogen-bond donors (Lipinski definition) is 2. The van der Waals surface area contributed by atoms with Crippen molar-refractivity contribution in [3.63, 3.8) is 0 Å². The number of rotatable bonds is 6. The Hall–Kier alpha value is -4.98. The molecule has 14 heteroatoms. The van der Waals surface area contributed by atoms with Gasteiger partial charge in [0.15, 0.2) is 11.5 Å². The summed E-state index contributed by atoms with van der Waals surface area (Å²) in [7, 11) is 0. The number of amides is 2. The quantitative estimate of drug-likeness (QED) is 0.319. The fourth-order valence-electron chi connectivity index (χ4n) is 7.87. The molecule has 5 heterocycles. The molecular weight excluding hydrogens is 624 g/mol. The summed E-state index contributed by atoms with van der Waals surface area (Å²) in [5, 5.41) is 17.7. The van der Waals surface area contributed by atoms with Crippen molar-refractivity contribution in [3.8, 4) is 5.75 Å². The number of halogens is 2. The number of aromatic hydroxyl groups is 1. The number of nitrogens with zero attached hydrogens (tertiary/aromatic N) is 6. The minimum Gasteiger partial charge on any atom is -0.505 e. The lowest BCUT2D eigenvalue weighted by Crippen LogP contribution is -2.48. The molecule has 1 saturated heterocycles. The maximum Gasteiger partial charge on any atom is 0.279 e. The zero-order valence-corrected chi connectivity index (χ0v) is 26.2. The molecule has 12 nitrogen and oxygen atoms in total. The van der Waals surface area contributed by atoms with Gasteiger partial charge in [-0.2, -0.15) is 9.50 Å². The van der Waals surface area contributed by atoms with Crippen molar-refractivity contribution in [2.75, 3.05) is 31.6 Å². The molecule has 0 bridgehead atoms. The van der Waals surface area contributed by atoms with Gasteiger partial charge < -0.3 is 24.6 Å². The van der Waals surface area contributed by atoms with Gasteiger partial charge in [-0.1, -0.05) is 18.2 Å². The van der Waals surface area contributed by atoms with Crippen LogP contribution in [0.25, 0.3) is 11.4 Å². The van der Waals surface area contributed by atoms with Gasteiger partial charge in [0.1, 0.15) is 12.3 Å².